The van der Waals surface area contributed by atoms with Crippen molar-refractivity contribution in [1.29, 1.82) is 0 Å². The monoisotopic (exact) mass is 412 g/mol. The summed E-state index contributed by atoms with van der Waals surface area (Å²) in [5, 5.41) is 7.31. The molecule has 0 radical (unpaired) electrons. The zero-order valence-electron chi connectivity index (χ0n) is 18.6. The van der Waals surface area contributed by atoms with E-state index in [0.29, 0.717) is 31.0 Å². The lowest BCUT2D eigenvalue weighted by Crippen LogP contribution is -2.50. The van der Waals surface area contributed by atoms with Crippen LogP contribution in [0.5, 0.6) is 0 Å². The molecule has 0 spiro atoms. The summed E-state index contributed by atoms with van der Waals surface area (Å²) in [5.74, 6) is 0.384. The quantitative estimate of drug-likeness (QED) is 0.538. The van der Waals surface area contributed by atoms with E-state index >= 15 is 0 Å². The van der Waals surface area contributed by atoms with Gasteiger partial charge in [0.15, 0.2) is 0 Å². The fraction of sp³-hybridized carbons (Fsp3) is 0.542. The zero-order valence-corrected chi connectivity index (χ0v) is 18.6. The van der Waals surface area contributed by atoms with E-state index < -0.39 is 6.04 Å². The topological polar surface area (TPSA) is 67.2 Å². The van der Waals surface area contributed by atoms with E-state index in [-0.39, 0.29) is 11.8 Å². The maximum Gasteiger partial charge on any atom is 0.254 e. The van der Waals surface area contributed by atoms with Gasteiger partial charge in [-0.15, -0.1) is 0 Å². The Morgan fingerprint density at radius 1 is 1.10 bits per heavy atom. The van der Waals surface area contributed by atoms with E-state index in [1.54, 1.807) is 11.1 Å². The number of hydrogen-bond donors (Lipinski definition) is 1. The third-order valence-electron chi connectivity index (χ3n) is 5.16. The number of unbranched alkanes of at least 4 members (excludes halogenated alkanes) is 1. The van der Waals surface area contributed by atoms with Gasteiger partial charge < -0.3 is 10.2 Å². The number of carbonyl (C=O) groups is 2. The Hall–Kier alpha value is -2.63. The lowest BCUT2D eigenvalue weighted by Gasteiger charge is -2.31. The Bertz CT molecular complexity index is 744. The summed E-state index contributed by atoms with van der Waals surface area (Å²) in [6.07, 6.45) is 7.81. The predicted octanol–water partition coefficient (Wildman–Crippen LogP) is 4.14. The van der Waals surface area contributed by atoms with Gasteiger partial charge in [-0.3, -0.25) is 14.3 Å². The second-order valence-corrected chi connectivity index (χ2v) is 8.12. The van der Waals surface area contributed by atoms with Crippen LogP contribution in [-0.4, -0.2) is 45.6 Å². The Morgan fingerprint density at radius 2 is 1.87 bits per heavy atom. The number of amides is 2. The second-order valence-electron chi connectivity index (χ2n) is 8.12. The maximum absolute atomic E-state index is 13.3. The minimum Gasteiger partial charge on any atom is -0.354 e. The standard InChI is InChI=1S/C24H36N4O2/c1-4-5-19-28(24(30)21-11-7-6-8-12-21)22(23(29)25-16-14-20(2)3)13-9-17-27-18-10-15-26-27/h6-8,10-12,15,18,20,22H,4-5,9,13-14,16-17,19H2,1-3H3,(H,25,29)/t22-/m0/s1. The van der Waals surface area contributed by atoms with Gasteiger partial charge in [0, 0.05) is 37.6 Å². The van der Waals surface area contributed by atoms with Crippen LogP contribution in [0.15, 0.2) is 48.8 Å². The molecule has 0 aliphatic rings. The van der Waals surface area contributed by atoms with Crippen LogP contribution >= 0.6 is 0 Å². The highest BCUT2D eigenvalue weighted by molar-refractivity contribution is 5.97. The molecule has 2 amide bonds. The number of aromatic nitrogens is 2. The van der Waals surface area contributed by atoms with Crippen molar-refractivity contribution in [2.75, 3.05) is 13.1 Å². The molecule has 2 rings (SSSR count). The number of nitrogens with zero attached hydrogens (tertiary/aromatic N) is 3. The first-order valence-electron chi connectivity index (χ1n) is 11.1. The molecule has 164 valence electrons. The largest absolute Gasteiger partial charge is 0.354 e. The lowest BCUT2D eigenvalue weighted by atomic mass is 10.0. The molecule has 1 N–H and O–H groups in total. The van der Waals surface area contributed by atoms with Gasteiger partial charge in [0.1, 0.15) is 6.04 Å². The Morgan fingerprint density at radius 3 is 2.50 bits per heavy atom. The van der Waals surface area contributed by atoms with Gasteiger partial charge in [0.05, 0.1) is 0 Å². The van der Waals surface area contributed by atoms with Crippen LogP contribution < -0.4 is 5.32 Å². The number of hydrogen-bond acceptors (Lipinski definition) is 3. The van der Waals surface area contributed by atoms with E-state index in [1.165, 1.54) is 0 Å². The average molecular weight is 413 g/mol. The summed E-state index contributed by atoms with van der Waals surface area (Å²) in [4.78, 5) is 28.2. The molecule has 0 aliphatic carbocycles. The van der Waals surface area contributed by atoms with Crippen LogP contribution in [-0.2, 0) is 11.3 Å². The molecular weight excluding hydrogens is 376 g/mol. The average Bonchev–Trinajstić information content (AvgIpc) is 3.26. The van der Waals surface area contributed by atoms with Crippen LogP contribution in [0.25, 0.3) is 0 Å². The van der Waals surface area contributed by atoms with Gasteiger partial charge in [-0.2, -0.15) is 5.10 Å². The molecule has 6 heteroatoms. The minimum absolute atomic E-state index is 0.0588. The van der Waals surface area contributed by atoms with Crippen LogP contribution in [0.3, 0.4) is 0 Å². The Labute approximate surface area is 180 Å². The molecule has 0 aliphatic heterocycles. The van der Waals surface area contributed by atoms with E-state index in [1.807, 2.05) is 47.3 Å². The molecule has 1 aromatic carbocycles. The number of carbonyl (C=O) groups excluding carboxylic acids is 2. The van der Waals surface area contributed by atoms with E-state index in [2.05, 4.69) is 31.2 Å². The van der Waals surface area contributed by atoms with Gasteiger partial charge >= 0.3 is 0 Å². The molecular formula is C24H36N4O2. The van der Waals surface area contributed by atoms with Crippen molar-refractivity contribution in [3.63, 3.8) is 0 Å². The fourth-order valence-corrected chi connectivity index (χ4v) is 3.38. The SMILES string of the molecule is CCCCN(C(=O)c1ccccc1)[C@@H](CCCn1cccn1)C(=O)NCCC(C)C. The normalized spacial score (nSPS) is 12.0. The van der Waals surface area contributed by atoms with Gasteiger partial charge in [-0.25, -0.2) is 0 Å². The number of rotatable bonds is 13. The van der Waals surface area contributed by atoms with Crippen molar-refractivity contribution >= 4 is 11.8 Å². The number of benzene rings is 1. The lowest BCUT2D eigenvalue weighted by molar-refractivity contribution is -0.126. The Balaban J connectivity index is 2.16. The molecule has 1 aromatic heterocycles. The predicted molar refractivity (Wildman–Crippen MR) is 120 cm³/mol. The molecule has 0 bridgehead atoms. The molecule has 6 nitrogen and oxygen atoms in total. The molecule has 1 heterocycles. The van der Waals surface area contributed by atoms with Crippen molar-refractivity contribution in [3.8, 4) is 0 Å². The maximum atomic E-state index is 13.3. The zero-order chi connectivity index (χ0) is 21.8. The Kier molecular flexibility index (Phi) is 10.1. The summed E-state index contributed by atoms with van der Waals surface area (Å²) in [6.45, 7) is 8.31. The van der Waals surface area contributed by atoms with E-state index in [0.717, 1.165) is 32.2 Å². The number of aryl methyl sites for hydroxylation is 1. The van der Waals surface area contributed by atoms with Gasteiger partial charge in [-0.05, 0) is 49.8 Å². The fourth-order valence-electron chi connectivity index (χ4n) is 3.38. The minimum atomic E-state index is -0.480. The van der Waals surface area contributed by atoms with E-state index in [9.17, 15) is 9.59 Å². The first kappa shape index (κ1) is 23.6. The number of nitrogens with one attached hydrogen (secondary N) is 1. The highest BCUT2D eigenvalue weighted by Gasteiger charge is 2.29. The highest BCUT2D eigenvalue weighted by Crippen LogP contribution is 2.15. The molecule has 2 aromatic rings. The summed E-state index contributed by atoms with van der Waals surface area (Å²) in [7, 11) is 0. The highest BCUT2D eigenvalue weighted by atomic mass is 16.2. The van der Waals surface area contributed by atoms with Crippen molar-refractivity contribution in [2.45, 2.75) is 65.5 Å². The molecule has 30 heavy (non-hydrogen) atoms. The van der Waals surface area contributed by atoms with Gasteiger partial charge in [0.25, 0.3) is 5.91 Å². The van der Waals surface area contributed by atoms with E-state index in [4.69, 9.17) is 0 Å². The molecule has 0 saturated heterocycles. The van der Waals surface area contributed by atoms with Crippen molar-refractivity contribution in [3.05, 3.63) is 54.4 Å². The molecule has 0 unspecified atom stereocenters. The van der Waals surface area contributed by atoms with Crippen LogP contribution in [0.2, 0.25) is 0 Å². The van der Waals surface area contributed by atoms with Gasteiger partial charge in [0.2, 0.25) is 5.91 Å². The van der Waals surface area contributed by atoms with Crippen LogP contribution in [0.1, 0.15) is 63.2 Å². The third-order valence-corrected chi connectivity index (χ3v) is 5.16. The molecule has 1 atom stereocenters. The molecule has 0 saturated carbocycles. The van der Waals surface area contributed by atoms with Crippen molar-refractivity contribution < 1.29 is 9.59 Å². The second kappa shape index (κ2) is 12.8. The van der Waals surface area contributed by atoms with Crippen molar-refractivity contribution in [1.82, 2.24) is 20.0 Å². The van der Waals surface area contributed by atoms with Crippen LogP contribution in [0.4, 0.5) is 0 Å². The first-order valence-corrected chi connectivity index (χ1v) is 11.1. The molecule has 0 fully saturated rings. The van der Waals surface area contributed by atoms with Gasteiger partial charge in [-0.1, -0.05) is 45.4 Å². The van der Waals surface area contributed by atoms with Crippen molar-refractivity contribution in [2.24, 2.45) is 5.92 Å². The third kappa shape index (κ3) is 7.65. The summed E-state index contributed by atoms with van der Waals surface area (Å²) in [6, 6.07) is 10.7. The summed E-state index contributed by atoms with van der Waals surface area (Å²) in [5.41, 5.74) is 0.626. The first-order chi connectivity index (χ1) is 14.5. The van der Waals surface area contributed by atoms with Crippen LogP contribution in [0, 0.1) is 5.92 Å². The summed E-state index contributed by atoms with van der Waals surface area (Å²) < 4.78 is 1.86. The smallest absolute Gasteiger partial charge is 0.254 e. The summed E-state index contributed by atoms with van der Waals surface area (Å²) >= 11 is 0.